The fourth-order valence-corrected chi connectivity index (χ4v) is 2.04. The van der Waals surface area contributed by atoms with E-state index in [1.54, 1.807) is 12.1 Å². The second-order valence-corrected chi connectivity index (χ2v) is 4.27. The van der Waals surface area contributed by atoms with Crippen LogP contribution < -0.4 is 10.7 Å². The van der Waals surface area contributed by atoms with Crippen LogP contribution in [0.25, 0.3) is 11.0 Å². The Morgan fingerprint density at radius 3 is 2.60 bits per heavy atom. The van der Waals surface area contributed by atoms with E-state index in [4.69, 9.17) is 9.52 Å². The molecule has 2 aromatic rings. The maximum Gasteiger partial charge on any atom is 0.374 e. The lowest BCUT2D eigenvalue weighted by molar-refractivity contribution is -0.114. The highest BCUT2D eigenvalue weighted by Crippen LogP contribution is 2.22. The molecule has 0 saturated heterocycles. The Bertz CT molecular complexity index is 760. The van der Waals surface area contributed by atoms with Gasteiger partial charge in [0.1, 0.15) is 11.3 Å². The van der Waals surface area contributed by atoms with Gasteiger partial charge in [0.2, 0.25) is 17.1 Å². The van der Waals surface area contributed by atoms with Crippen LogP contribution in [-0.4, -0.2) is 17.0 Å². The summed E-state index contributed by atoms with van der Waals surface area (Å²) in [6, 6.07) is 4.98. The number of amides is 1. The van der Waals surface area contributed by atoms with E-state index in [0.29, 0.717) is 11.8 Å². The minimum absolute atomic E-state index is 0.195. The number of anilines is 1. The maximum atomic E-state index is 12.4. The molecule has 1 amide bonds. The number of rotatable bonds is 3. The third-order valence-corrected chi connectivity index (χ3v) is 2.88. The number of aromatic carboxylic acids is 1. The van der Waals surface area contributed by atoms with Gasteiger partial charge in [0.25, 0.3) is 0 Å². The molecule has 0 aliphatic rings. The second-order valence-electron chi connectivity index (χ2n) is 4.27. The van der Waals surface area contributed by atoms with E-state index in [-0.39, 0.29) is 11.3 Å². The number of hydrogen-bond acceptors (Lipinski definition) is 4. The molecule has 2 N–H and O–H groups in total. The third-order valence-electron chi connectivity index (χ3n) is 2.88. The standard InChI is InChI=1S/C14H13NO5/c1-3-8-5-4-6-9-10(8)12(17)11(15-7(2)16)13(20-9)14(18)19/h4-6H,3H2,1-2H3,(H,15,16)(H,18,19). The summed E-state index contributed by atoms with van der Waals surface area (Å²) in [5.41, 5.74) is 0.0512. The monoisotopic (exact) mass is 275 g/mol. The quantitative estimate of drug-likeness (QED) is 0.893. The average Bonchev–Trinajstić information content (AvgIpc) is 2.40. The number of benzene rings is 1. The molecular formula is C14H13NO5. The van der Waals surface area contributed by atoms with Crippen LogP contribution in [0.15, 0.2) is 27.4 Å². The molecule has 1 heterocycles. The van der Waals surface area contributed by atoms with Gasteiger partial charge in [0.05, 0.1) is 5.39 Å². The van der Waals surface area contributed by atoms with Crippen LogP contribution in [0.2, 0.25) is 0 Å². The van der Waals surface area contributed by atoms with Crippen molar-refractivity contribution in [3.63, 3.8) is 0 Å². The summed E-state index contributed by atoms with van der Waals surface area (Å²) in [4.78, 5) is 34.7. The molecule has 0 saturated carbocycles. The van der Waals surface area contributed by atoms with E-state index in [9.17, 15) is 14.4 Å². The molecule has 6 nitrogen and oxygen atoms in total. The first-order valence-corrected chi connectivity index (χ1v) is 6.05. The minimum Gasteiger partial charge on any atom is -0.475 e. The van der Waals surface area contributed by atoms with Crippen molar-refractivity contribution in [2.75, 3.05) is 5.32 Å². The van der Waals surface area contributed by atoms with E-state index in [0.717, 1.165) is 5.56 Å². The predicted octanol–water partition coefficient (Wildman–Crippen LogP) is 2.01. The summed E-state index contributed by atoms with van der Waals surface area (Å²) in [7, 11) is 0. The summed E-state index contributed by atoms with van der Waals surface area (Å²) in [5, 5.41) is 11.6. The number of hydrogen-bond donors (Lipinski definition) is 2. The zero-order chi connectivity index (χ0) is 14.9. The van der Waals surface area contributed by atoms with Crippen LogP contribution in [0.4, 0.5) is 5.69 Å². The van der Waals surface area contributed by atoms with E-state index in [1.807, 2.05) is 6.92 Å². The lowest BCUT2D eigenvalue weighted by atomic mass is 10.1. The van der Waals surface area contributed by atoms with Gasteiger partial charge in [-0.15, -0.1) is 0 Å². The summed E-state index contributed by atoms with van der Waals surface area (Å²) in [6.07, 6.45) is 0.591. The number of fused-ring (bicyclic) bond motifs is 1. The molecule has 0 atom stereocenters. The number of aryl methyl sites for hydroxylation is 1. The molecule has 2 rings (SSSR count). The molecule has 0 radical (unpaired) electrons. The first-order chi connectivity index (χ1) is 9.45. The Hall–Kier alpha value is -2.63. The van der Waals surface area contributed by atoms with Crippen molar-refractivity contribution >= 4 is 28.5 Å². The van der Waals surface area contributed by atoms with Gasteiger partial charge in [-0.2, -0.15) is 0 Å². The van der Waals surface area contributed by atoms with Gasteiger partial charge in [-0.25, -0.2) is 4.79 Å². The van der Waals surface area contributed by atoms with E-state index in [2.05, 4.69) is 5.32 Å². The van der Waals surface area contributed by atoms with E-state index < -0.39 is 23.1 Å². The average molecular weight is 275 g/mol. The maximum absolute atomic E-state index is 12.4. The molecule has 0 unspecified atom stereocenters. The molecule has 0 bridgehead atoms. The number of carboxylic acids is 1. The van der Waals surface area contributed by atoms with Crippen molar-refractivity contribution in [2.45, 2.75) is 20.3 Å². The number of carbonyl (C=O) groups is 2. The van der Waals surface area contributed by atoms with Gasteiger partial charge < -0.3 is 14.8 Å². The second kappa shape index (κ2) is 5.16. The highest BCUT2D eigenvalue weighted by molar-refractivity contribution is 6.00. The fourth-order valence-electron chi connectivity index (χ4n) is 2.04. The van der Waals surface area contributed by atoms with E-state index >= 15 is 0 Å². The Balaban J connectivity index is 2.90. The van der Waals surface area contributed by atoms with Crippen LogP contribution in [-0.2, 0) is 11.2 Å². The molecular weight excluding hydrogens is 262 g/mol. The summed E-state index contributed by atoms with van der Waals surface area (Å²) in [5.74, 6) is -2.51. The Morgan fingerprint density at radius 2 is 2.05 bits per heavy atom. The fraction of sp³-hybridized carbons (Fsp3) is 0.214. The van der Waals surface area contributed by atoms with Crippen molar-refractivity contribution in [1.82, 2.24) is 0 Å². The zero-order valence-corrected chi connectivity index (χ0v) is 11.0. The highest BCUT2D eigenvalue weighted by atomic mass is 16.4. The van der Waals surface area contributed by atoms with E-state index in [1.165, 1.54) is 13.0 Å². The van der Waals surface area contributed by atoms with Crippen LogP contribution in [0.5, 0.6) is 0 Å². The highest BCUT2D eigenvalue weighted by Gasteiger charge is 2.21. The number of nitrogens with one attached hydrogen (secondary N) is 1. The molecule has 104 valence electrons. The number of carboxylic acid groups (broad SMARTS) is 1. The summed E-state index contributed by atoms with van der Waals surface area (Å²) in [6.45, 7) is 3.07. The van der Waals surface area contributed by atoms with Crippen molar-refractivity contribution in [1.29, 1.82) is 0 Å². The van der Waals surface area contributed by atoms with Crippen molar-refractivity contribution < 1.29 is 19.1 Å². The third kappa shape index (κ3) is 2.27. The van der Waals surface area contributed by atoms with Crippen molar-refractivity contribution in [3.05, 3.63) is 39.7 Å². The SMILES string of the molecule is CCc1cccc2oc(C(=O)O)c(NC(C)=O)c(=O)c12. The zero-order valence-electron chi connectivity index (χ0n) is 11.0. The smallest absolute Gasteiger partial charge is 0.374 e. The van der Waals surface area contributed by atoms with Gasteiger partial charge in [0, 0.05) is 6.92 Å². The molecule has 20 heavy (non-hydrogen) atoms. The lowest BCUT2D eigenvalue weighted by Gasteiger charge is -2.09. The van der Waals surface area contributed by atoms with Gasteiger partial charge in [-0.05, 0) is 18.1 Å². The largest absolute Gasteiger partial charge is 0.475 e. The molecule has 0 aliphatic heterocycles. The summed E-state index contributed by atoms with van der Waals surface area (Å²) >= 11 is 0. The molecule has 0 fully saturated rings. The lowest BCUT2D eigenvalue weighted by Crippen LogP contribution is -2.20. The van der Waals surface area contributed by atoms with Gasteiger partial charge in [0.15, 0.2) is 0 Å². The Kier molecular flexibility index (Phi) is 3.56. The van der Waals surface area contributed by atoms with Crippen LogP contribution in [0, 0.1) is 0 Å². The van der Waals surface area contributed by atoms with Crippen LogP contribution in [0.3, 0.4) is 0 Å². The Labute approximate surface area is 114 Å². The van der Waals surface area contributed by atoms with Crippen molar-refractivity contribution in [3.8, 4) is 0 Å². The molecule has 1 aromatic heterocycles. The predicted molar refractivity (Wildman–Crippen MR) is 73.1 cm³/mol. The summed E-state index contributed by atoms with van der Waals surface area (Å²) < 4.78 is 5.26. The topological polar surface area (TPSA) is 96.6 Å². The van der Waals surface area contributed by atoms with Crippen molar-refractivity contribution in [2.24, 2.45) is 0 Å². The van der Waals surface area contributed by atoms with Gasteiger partial charge in [-0.3, -0.25) is 9.59 Å². The first-order valence-electron chi connectivity index (χ1n) is 6.05. The molecule has 0 spiro atoms. The first kappa shape index (κ1) is 13.8. The number of carbonyl (C=O) groups excluding carboxylic acids is 1. The van der Waals surface area contributed by atoms with Gasteiger partial charge in [-0.1, -0.05) is 19.1 Å². The normalized spacial score (nSPS) is 10.5. The molecule has 1 aromatic carbocycles. The molecule has 0 aliphatic carbocycles. The van der Waals surface area contributed by atoms with Crippen LogP contribution in [0.1, 0.15) is 30.0 Å². The Morgan fingerprint density at radius 1 is 1.35 bits per heavy atom. The van der Waals surface area contributed by atoms with Crippen LogP contribution >= 0.6 is 0 Å². The van der Waals surface area contributed by atoms with Gasteiger partial charge >= 0.3 is 5.97 Å². The molecule has 6 heteroatoms. The minimum atomic E-state index is -1.41.